The highest BCUT2D eigenvalue weighted by Gasteiger charge is 2.40. The third kappa shape index (κ3) is 5.75. The van der Waals surface area contributed by atoms with Crippen molar-refractivity contribution in [2.45, 2.75) is 12.2 Å². The molecule has 146 valence electrons. The smallest absolute Gasteiger partial charge is 0.415 e. The maximum Gasteiger partial charge on any atom is 0.453 e. The molecule has 0 heterocycles. The van der Waals surface area contributed by atoms with Gasteiger partial charge in [-0.25, -0.2) is 4.57 Å². The van der Waals surface area contributed by atoms with E-state index in [4.69, 9.17) is 15.5 Å². The number of amides is 1. The minimum atomic E-state index is -3.93. The number of carbonyl (C=O) groups is 1. The van der Waals surface area contributed by atoms with Gasteiger partial charge in [-0.1, -0.05) is 66.7 Å². The quantitative estimate of drug-likeness (QED) is 0.438. The van der Waals surface area contributed by atoms with Crippen molar-refractivity contribution in [2.24, 2.45) is 0 Å². The molecule has 0 aliphatic rings. The molecule has 5 nitrogen and oxygen atoms in total. The summed E-state index contributed by atoms with van der Waals surface area (Å²) in [6, 6.07) is 26.7. The molecular formula is C23H20NO4P. The lowest BCUT2D eigenvalue weighted by atomic mass is 10.1. The number of carbonyl (C=O) groups excluding carboxylic acids is 1. The fraction of sp³-hybridized carbons (Fsp3) is 0.0870. The Morgan fingerprint density at radius 3 is 1.76 bits per heavy atom. The van der Waals surface area contributed by atoms with Crippen LogP contribution >= 0.6 is 7.60 Å². The van der Waals surface area contributed by atoms with Gasteiger partial charge in [0, 0.05) is 6.42 Å². The Hall–Kier alpha value is -3.48. The number of benzene rings is 3. The molecule has 0 spiro atoms. The van der Waals surface area contributed by atoms with E-state index in [0.717, 1.165) is 5.56 Å². The van der Waals surface area contributed by atoms with Gasteiger partial charge >= 0.3 is 7.60 Å². The fourth-order valence-corrected chi connectivity index (χ4v) is 4.51. The third-order valence-electron chi connectivity index (χ3n) is 4.03. The Morgan fingerprint density at radius 2 is 1.31 bits per heavy atom. The number of nitrogens with one attached hydrogen (secondary N) is 1. The fourth-order valence-electron chi connectivity index (χ4n) is 2.67. The Labute approximate surface area is 170 Å². The average Bonchev–Trinajstić information content (AvgIpc) is 2.75. The molecule has 1 amide bonds. The molecule has 0 saturated carbocycles. The van der Waals surface area contributed by atoms with Gasteiger partial charge in [-0.15, -0.1) is 6.42 Å². The molecule has 3 aromatic rings. The highest BCUT2D eigenvalue weighted by Crippen LogP contribution is 2.52. The van der Waals surface area contributed by atoms with Crippen molar-refractivity contribution in [1.29, 1.82) is 0 Å². The molecule has 1 N–H and O–H groups in total. The minimum Gasteiger partial charge on any atom is -0.415 e. The van der Waals surface area contributed by atoms with Crippen molar-refractivity contribution < 1.29 is 18.4 Å². The normalized spacial score (nSPS) is 11.7. The van der Waals surface area contributed by atoms with E-state index in [1.54, 1.807) is 48.5 Å². The Kier molecular flexibility index (Phi) is 6.73. The van der Waals surface area contributed by atoms with E-state index in [1.807, 2.05) is 48.4 Å². The molecule has 0 saturated heterocycles. The Balaban J connectivity index is 1.99. The van der Waals surface area contributed by atoms with E-state index >= 15 is 0 Å². The van der Waals surface area contributed by atoms with Gasteiger partial charge < -0.3 is 14.4 Å². The van der Waals surface area contributed by atoms with Crippen LogP contribution in [0.4, 0.5) is 0 Å². The number of rotatable bonds is 8. The molecule has 6 heteroatoms. The number of terminal acetylenes is 1. The van der Waals surface area contributed by atoms with Gasteiger partial charge in [-0.2, -0.15) is 0 Å². The summed E-state index contributed by atoms with van der Waals surface area (Å²) in [6.45, 7) is 0. The molecule has 0 aliphatic heterocycles. The van der Waals surface area contributed by atoms with Crippen molar-refractivity contribution in [3.8, 4) is 23.8 Å². The lowest BCUT2D eigenvalue weighted by molar-refractivity contribution is -0.116. The summed E-state index contributed by atoms with van der Waals surface area (Å²) in [5, 5.41) is 2.61. The van der Waals surface area contributed by atoms with Gasteiger partial charge in [0.1, 0.15) is 11.5 Å². The Morgan fingerprint density at radius 1 is 0.862 bits per heavy atom. The summed E-state index contributed by atoms with van der Waals surface area (Å²) in [5.74, 6) is 1.03. The van der Waals surface area contributed by atoms with Crippen LogP contribution in [0.1, 0.15) is 5.56 Å². The zero-order chi connectivity index (χ0) is 20.5. The monoisotopic (exact) mass is 405 g/mol. The van der Waals surface area contributed by atoms with E-state index in [0.29, 0.717) is 11.5 Å². The van der Waals surface area contributed by atoms with Gasteiger partial charge in [0.15, 0.2) is 5.78 Å². The number of hydrogen-bond donors (Lipinski definition) is 1. The van der Waals surface area contributed by atoms with E-state index in [-0.39, 0.29) is 6.42 Å². The highest BCUT2D eigenvalue weighted by molar-refractivity contribution is 7.55. The van der Waals surface area contributed by atoms with Crippen molar-refractivity contribution in [1.82, 2.24) is 5.32 Å². The first kappa shape index (κ1) is 20.3. The predicted molar refractivity (Wildman–Crippen MR) is 113 cm³/mol. The molecule has 29 heavy (non-hydrogen) atoms. The van der Waals surface area contributed by atoms with Crippen LogP contribution in [0.2, 0.25) is 0 Å². The SMILES string of the molecule is C#CC(=O)NC(Cc1ccccc1)P(=O)(Oc1ccccc1)Oc1ccccc1. The third-order valence-corrected chi connectivity index (χ3v) is 6.04. The van der Waals surface area contributed by atoms with Gasteiger partial charge in [-0.05, 0) is 35.7 Å². The molecule has 3 aromatic carbocycles. The van der Waals surface area contributed by atoms with Crippen LogP contribution in [0.5, 0.6) is 11.5 Å². The van der Waals surface area contributed by atoms with Crippen LogP contribution in [0.15, 0.2) is 91.0 Å². The van der Waals surface area contributed by atoms with Crippen LogP contribution < -0.4 is 14.4 Å². The van der Waals surface area contributed by atoms with Crippen LogP contribution in [-0.2, 0) is 15.8 Å². The van der Waals surface area contributed by atoms with E-state index in [2.05, 4.69) is 5.32 Å². The average molecular weight is 405 g/mol. The van der Waals surface area contributed by atoms with Crippen molar-refractivity contribution in [2.75, 3.05) is 0 Å². The van der Waals surface area contributed by atoms with Crippen molar-refractivity contribution in [3.63, 3.8) is 0 Å². The summed E-state index contributed by atoms with van der Waals surface area (Å²) in [5.41, 5.74) is 0.850. The summed E-state index contributed by atoms with van der Waals surface area (Å²) in [4.78, 5) is 12.0. The van der Waals surface area contributed by atoms with E-state index < -0.39 is 19.3 Å². The minimum absolute atomic E-state index is 0.213. The first-order chi connectivity index (χ1) is 14.1. The van der Waals surface area contributed by atoms with Crippen molar-refractivity contribution in [3.05, 3.63) is 96.6 Å². The second-order valence-corrected chi connectivity index (χ2v) is 8.24. The van der Waals surface area contributed by atoms with Crippen LogP contribution in [0, 0.1) is 12.3 Å². The van der Waals surface area contributed by atoms with Gasteiger partial charge in [0.2, 0.25) is 0 Å². The maximum atomic E-state index is 14.0. The zero-order valence-electron chi connectivity index (χ0n) is 15.6. The molecule has 0 bridgehead atoms. The van der Waals surface area contributed by atoms with Gasteiger partial charge in [-0.3, -0.25) is 4.79 Å². The zero-order valence-corrected chi connectivity index (χ0v) is 16.5. The summed E-state index contributed by atoms with van der Waals surface area (Å²) < 4.78 is 25.7. The molecule has 0 aromatic heterocycles. The standard InChI is InChI=1S/C23H20NO4P/c1-2-22(25)24-23(18-19-12-6-3-7-13-19)29(26,27-20-14-8-4-9-15-20)28-21-16-10-5-11-17-21/h1,3-17,23H,18H2,(H,24,25). The molecule has 3 rings (SSSR count). The maximum absolute atomic E-state index is 14.0. The first-order valence-corrected chi connectivity index (χ1v) is 10.6. The van der Waals surface area contributed by atoms with Crippen LogP contribution in [0.25, 0.3) is 0 Å². The Bertz CT molecular complexity index is 972. The van der Waals surface area contributed by atoms with Crippen molar-refractivity contribution >= 4 is 13.5 Å². The van der Waals surface area contributed by atoms with E-state index in [9.17, 15) is 9.36 Å². The first-order valence-electron chi connectivity index (χ1n) is 8.99. The van der Waals surface area contributed by atoms with Crippen LogP contribution in [0.3, 0.4) is 0 Å². The molecule has 0 fully saturated rings. The second kappa shape index (κ2) is 9.64. The predicted octanol–water partition coefficient (Wildman–Crippen LogP) is 4.66. The topological polar surface area (TPSA) is 64.6 Å². The second-order valence-electron chi connectivity index (χ2n) is 6.17. The molecule has 1 unspecified atom stereocenters. The molecule has 0 radical (unpaired) electrons. The summed E-state index contributed by atoms with van der Waals surface area (Å²) in [6.07, 6.45) is 5.44. The van der Waals surface area contributed by atoms with E-state index in [1.165, 1.54) is 0 Å². The summed E-state index contributed by atoms with van der Waals surface area (Å²) >= 11 is 0. The highest BCUT2D eigenvalue weighted by atomic mass is 31.2. The van der Waals surface area contributed by atoms with Gasteiger partial charge in [0.25, 0.3) is 5.91 Å². The lowest BCUT2D eigenvalue weighted by Gasteiger charge is -2.27. The summed E-state index contributed by atoms with van der Waals surface area (Å²) in [7, 11) is -3.93. The number of para-hydroxylation sites is 2. The van der Waals surface area contributed by atoms with Crippen LogP contribution in [-0.4, -0.2) is 11.7 Å². The molecular weight excluding hydrogens is 385 g/mol. The largest absolute Gasteiger partial charge is 0.453 e. The van der Waals surface area contributed by atoms with Gasteiger partial charge in [0.05, 0.1) is 0 Å². The molecule has 0 aliphatic carbocycles. The number of hydrogen-bond acceptors (Lipinski definition) is 4. The molecule has 1 atom stereocenters. The lowest BCUT2D eigenvalue weighted by Crippen LogP contribution is -2.38.